The minimum atomic E-state index is -0.222. The molecule has 1 atom stereocenters. The summed E-state index contributed by atoms with van der Waals surface area (Å²) in [6.45, 7) is 0.423. The van der Waals surface area contributed by atoms with Crippen LogP contribution in [0.5, 0.6) is 0 Å². The zero-order valence-corrected chi connectivity index (χ0v) is 21.4. The van der Waals surface area contributed by atoms with E-state index in [1.807, 2.05) is 108 Å². The number of hydrogen-bond acceptors (Lipinski definition) is 3. The predicted octanol–water partition coefficient (Wildman–Crippen LogP) is 4.57. The second-order valence-corrected chi connectivity index (χ2v) is 9.45. The fourth-order valence-corrected chi connectivity index (χ4v) is 4.94. The van der Waals surface area contributed by atoms with Crippen LogP contribution in [-0.4, -0.2) is 50.5 Å². The van der Waals surface area contributed by atoms with Crippen molar-refractivity contribution < 1.29 is 9.59 Å². The maximum Gasteiger partial charge on any atom is 0.287 e. The summed E-state index contributed by atoms with van der Waals surface area (Å²) in [6.07, 6.45) is 3.27. The molecule has 0 aliphatic heterocycles. The zero-order valence-electron chi connectivity index (χ0n) is 21.4. The quantitative estimate of drug-likeness (QED) is 0.344. The summed E-state index contributed by atoms with van der Waals surface area (Å²) < 4.78 is 3.83. The first-order chi connectivity index (χ1) is 17.9. The number of carbonyl (C=O) groups excluding carboxylic acids is 2. The summed E-state index contributed by atoms with van der Waals surface area (Å²) in [4.78, 5) is 33.0. The SMILES string of the molecule is CN(C(=O)c1cccc2c1ccn2C)[C@H](CCNC(=O)c1nc2ccccc2n1C)Cc1ccccc1. The number of para-hydroxylation sites is 2. The molecule has 0 aliphatic carbocycles. The van der Waals surface area contributed by atoms with E-state index < -0.39 is 0 Å². The number of imidazole rings is 1. The van der Waals surface area contributed by atoms with Crippen LogP contribution in [0.3, 0.4) is 0 Å². The van der Waals surface area contributed by atoms with Gasteiger partial charge in [0.2, 0.25) is 0 Å². The number of aryl methyl sites for hydroxylation is 2. The van der Waals surface area contributed by atoms with E-state index >= 15 is 0 Å². The molecule has 0 aliphatic rings. The third-order valence-corrected chi connectivity index (χ3v) is 7.09. The monoisotopic (exact) mass is 493 g/mol. The third-order valence-electron chi connectivity index (χ3n) is 7.09. The van der Waals surface area contributed by atoms with Gasteiger partial charge in [-0.05, 0) is 48.7 Å². The van der Waals surface area contributed by atoms with Crippen LogP contribution in [0.1, 0.15) is 33.0 Å². The van der Waals surface area contributed by atoms with Gasteiger partial charge in [-0.1, -0.05) is 48.5 Å². The van der Waals surface area contributed by atoms with E-state index in [1.54, 1.807) is 0 Å². The molecule has 1 N–H and O–H groups in total. The van der Waals surface area contributed by atoms with Crippen molar-refractivity contribution in [3.8, 4) is 0 Å². The summed E-state index contributed by atoms with van der Waals surface area (Å²) in [5.74, 6) is 0.126. The molecule has 5 aromatic rings. The Hall–Kier alpha value is -4.39. The van der Waals surface area contributed by atoms with E-state index in [9.17, 15) is 9.59 Å². The average molecular weight is 494 g/mol. The fourth-order valence-electron chi connectivity index (χ4n) is 4.94. The second kappa shape index (κ2) is 10.3. The van der Waals surface area contributed by atoms with Crippen LogP contribution < -0.4 is 5.32 Å². The molecule has 0 radical (unpaired) electrons. The molecule has 7 heteroatoms. The van der Waals surface area contributed by atoms with Gasteiger partial charge in [-0.15, -0.1) is 0 Å². The van der Waals surface area contributed by atoms with Crippen LogP contribution in [0.2, 0.25) is 0 Å². The van der Waals surface area contributed by atoms with Crippen LogP contribution in [-0.2, 0) is 20.5 Å². The Balaban J connectivity index is 1.34. The Morgan fingerprint density at radius 1 is 0.919 bits per heavy atom. The number of nitrogens with zero attached hydrogens (tertiary/aromatic N) is 4. The lowest BCUT2D eigenvalue weighted by molar-refractivity contribution is 0.0724. The van der Waals surface area contributed by atoms with Crippen molar-refractivity contribution in [2.45, 2.75) is 18.9 Å². The number of carbonyl (C=O) groups is 2. The average Bonchev–Trinajstić information content (AvgIpc) is 3.47. The summed E-state index contributed by atoms with van der Waals surface area (Å²) in [7, 11) is 5.68. The molecule has 2 amide bonds. The normalized spacial score (nSPS) is 12.1. The van der Waals surface area contributed by atoms with E-state index in [0.29, 0.717) is 30.8 Å². The first-order valence-electron chi connectivity index (χ1n) is 12.5. The van der Waals surface area contributed by atoms with E-state index in [2.05, 4.69) is 22.4 Å². The molecule has 7 nitrogen and oxygen atoms in total. The van der Waals surface area contributed by atoms with Gasteiger partial charge in [-0.2, -0.15) is 0 Å². The number of amides is 2. The fraction of sp³-hybridized carbons (Fsp3) is 0.233. The molecule has 0 fully saturated rings. The number of fused-ring (bicyclic) bond motifs is 2. The van der Waals surface area contributed by atoms with Gasteiger partial charge in [0.05, 0.1) is 11.0 Å². The van der Waals surface area contributed by atoms with Crippen LogP contribution in [0.25, 0.3) is 21.9 Å². The van der Waals surface area contributed by atoms with Crippen molar-refractivity contribution in [1.29, 1.82) is 0 Å². The summed E-state index contributed by atoms with van der Waals surface area (Å²) >= 11 is 0. The van der Waals surface area contributed by atoms with E-state index in [-0.39, 0.29) is 17.9 Å². The van der Waals surface area contributed by atoms with Crippen LogP contribution in [0.15, 0.2) is 85.1 Å². The summed E-state index contributed by atoms with van der Waals surface area (Å²) in [6, 6.07) is 25.5. The minimum Gasteiger partial charge on any atom is -0.351 e. The first-order valence-corrected chi connectivity index (χ1v) is 12.5. The van der Waals surface area contributed by atoms with Crippen LogP contribution >= 0.6 is 0 Å². The Labute approximate surface area is 216 Å². The predicted molar refractivity (Wildman–Crippen MR) is 147 cm³/mol. The topological polar surface area (TPSA) is 72.2 Å². The molecule has 0 saturated carbocycles. The van der Waals surface area contributed by atoms with Gasteiger partial charge < -0.3 is 19.4 Å². The molecule has 0 spiro atoms. The molecule has 5 rings (SSSR count). The molecule has 2 heterocycles. The summed E-state index contributed by atoms with van der Waals surface area (Å²) in [5, 5.41) is 3.96. The summed E-state index contributed by atoms with van der Waals surface area (Å²) in [5.41, 5.74) is 4.55. The lowest BCUT2D eigenvalue weighted by Crippen LogP contribution is -2.41. The standard InChI is InChI=1S/C30H31N5O2/c1-33-19-17-23-24(12-9-15-26(23)33)30(37)34(2)22(20-21-10-5-4-6-11-21)16-18-31-29(36)28-32-25-13-7-8-14-27(25)35(28)3/h4-15,17,19,22H,16,18,20H2,1-3H3,(H,31,36)/t22-/m1/s1. The largest absolute Gasteiger partial charge is 0.351 e. The Bertz CT molecular complexity index is 1570. The Kier molecular flexibility index (Phi) is 6.77. The van der Waals surface area contributed by atoms with Gasteiger partial charge in [-0.25, -0.2) is 4.98 Å². The molecule has 188 valence electrons. The molecular weight excluding hydrogens is 462 g/mol. The molecule has 0 unspecified atom stereocenters. The molecular formula is C30H31N5O2. The highest BCUT2D eigenvalue weighted by atomic mass is 16.2. The number of aromatic nitrogens is 3. The van der Waals surface area contributed by atoms with Crippen molar-refractivity contribution in [1.82, 2.24) is 24.3 Å². The molecule has 37 heavy (non-hydrogen) atoms. The van der Waals surface area contributed by atoms with Gasteiger partial charge in [0, 0.05) is 56.4 Å². The number of hydrogen-bond donors (Lipinski definition) is 1. The van der Waals surface area contributed by atoms with Crippen LogP contribution in [0, 0.1) is 0 Å². The lowest BCUT2D eigenvalue weighted by Gasteiger charge is -2.29. The van der Waals surface area contributed by atoms with Crippen molar-refractivity contribution in [3.63, 3.8) is 0 Å². The van der Waals surface area contributed by atoms with Crippen molar-refractivity contribution in [3.05, 3.63) is 102 Å². The van der Waals surface area contributed by atoms with Gasteiger partial charge in [0.25, 0.3) is 11.8 Å². The molecule has 0 bridgehead atoms. The number of rotatable bonds is 8. The maximum atomic E-state index is 13.7. The van der Waals surface area contributed by atoms with Crippen LogP contribution in [0.4, 0.5) is 0 Å². The Morgan fingerprint density at radius 3 is 2.43 bits per heavy atom. The molecule has 3 aromatic carbocycles. The van der Waals surface area contributed by atoms with E-state index in [1.165, 1.54) is 0 Å². The van der Waals surface area contributed by atoms with Crippen molar-refractivity contribution in [2.24, 2.45) is 14.1 Å². The van der Waals surface area contributed by atoms with Crippen molar-refractivity contribution >= 4 is 33.8 Å². The smallest absolute Gasteiger partial charge is 0.287 e. The number of benzene rings is 3. The van der Waals surface area contributed by atoms with E-state index in [4.69, 9.17) is 0 Å². The van der Waals surface area contributed by atoms with E-state index in [0.717, 1.165) is 27.5 Å². The van der Waals surface area contributed by atoms with Gasteiger partial charge in [0.15, 0.2) is 5.82 Å². The van der Waals surface area contributed by atoms with Gasteiger partial charge >= 0.3 is 0 Å². The highest BCUT2D eigenvalue weighted by Crippen LogP contribution is 2.23. The molecule has 0 saturated heterocycles. The lowest BCUT2D eigenvalue weighted by atomic mass is 10.0. The number of likely N-dealkylation sites (N-methyl/N-ethyl adjacent to an activating group) is 1. The Morgan fingerprint density at radius 2 is 1.65 bits per heavy atom. The second-order valence-electron chi connectivity index (χ2n) is 9.45. The first kappa shape index (κ1) is 24.3. The van der Waals surface area contributed by atoms with Crippen molar-refractivity contribution in [2.75, 3.05) is 13.6 Å². The van der Waals surface area contributed by atoms with Gasteiger partial charge in [-0.3, -0.25) is 9.59 Å². The number of nitrogens with one attached hydrogen (secondary N) is 1. The zero-order chi connectivity index (χ0) is 25.9. The highest BCUT2D eigenvalue weighted by Gasteiger charge is 2.24. The third kappa shape index (κ3) is 4.85. The highest BCUT2D eigenvalue weighted by molar-refractivity contribution is 6.06. The molecule has 2 aromatic heterocycles. The van der Waals surface area contributed by atoms with Gasteiger partial charge in [0.1, 0.15) is 0 Å². The minimum absolute atomic E-state index is 0.0283. The maximum absolute atomic E-state index is 13.7.